The Bertz CT molecular complexity index is 573. The van der Waals surface area contributed by atoms with Crippen LogP contribution in [0.15, 0.2) is 0 Å². The van der Waals surface area contributed by atoms with E-state index >= 15 is 0 Å². The number of carbonyl (C=O) groups excluding carboxylic acids is 2. The molecule has 0 heterocycles. The highest BCUT2D eigenvalue weighted by atomic mass is 19.1. The molecule has 0 amide bonds. The summed E-state index contributed by atoms with van der Waals surface area (Å²) < 4.78 is 39.5. The van der Waals surface area contributed by atoms with Crippen molar-refractivity contribution in [2.45, 2.75) is 180 Å². The van der Waals surface area contributed by atoms with Gasteiger partial charge in [0, 0.05) is 0 Å². The van der Waals surface area contributed by atoms with Crippen molar-refractivity contribution in [1.29, 1.82) is 0 Å². The zero-order chi connectivity index (χ0) is 27.6. The lowest BCUT2D eigenvalue weighted by molar-refractivity contribution is -0.159. The molecule has 2 fully saturated rings. The molecule has 0 N–H and O–H groups in total. The minimum atomic E-state index is -1.49. The molecule has 222 valence electrons. The summed E-state index contributed by atoms with van der Waals surface area (Å²) in [5.41, 5.74) is 0. The van der Waals surface area contributed by atoms with E-state index in [0.29, 0.717) is 11.8 Å². The van der Waals surface area contributed by atoms with E-state index in [9.17, 15) is 18.4 Å². The van der Waals surface area contributed by atoms with Crippen LogP contribution >= 0.6 is 0 Å². The van der Waals surface area contributed by atoms with Crippen LogP contribution in [0.4, 0.5) is 8.78 Å². The second kappa shape index (κ2) is 19.8. The van der Waals surface area contributed by atoms with Gasteiger partial charge in [0.1, 0.15) is 12.2 Å². The van der Waals surface area contributed by atoms with Crippen LogP contribution < -0.4 is 0 Å². The van der Waals surface area contributed by atoms with Crippen LogP contribution in [-0.2, 0) is 19.1 Å². The van der Waals surface area contributed by atoms with E-state index in [1.165, 1.54) is 38.5 Å². The van der Waals surface area contributed by atoms with Crippen LogP contribution in [-0.4, -0.2) is 36.5 Å². The first-order chi connectivity index (χ1) is 18.4. The molecule has 0 aromatic carbocycles. The van der Waals surface area contributed by atoms with Crippen molar-refractivity contribution in [3.8, 4) is 0 Å². The molecule has 0 saturated heterocycles. The van der Waals surface area contributed by atoms with Crippen molar-refractivity contribution in [2.24, 2.45) is 11.8 Å². The Kier molecular flexibility index (Phi) is 17.2. The van der Waals surface area contributed by atoms with E-state index < -0.39 is 24.3 Å². The van der Waals surface area contributed by atoms with Gasteiger partial charge in [-0.25, -0.2) is 18.4 Å². The standard InChI is InChI=1S/C32H56F2O4/c1-3-5-7-9-11-13-15-29(33)31(35)37-27-21-17-25(18-22-27)26-19-23-28(24-20-26)38-32(36)30(34)16-14-12-10-8-6-4-2/h25-30H,3-24H2,1-2H3/t25?,26?,27?,28?,29-,30-/m1/s1. The lowest BCUT2D eigenvalue weighted by Gasteiger charge is -2.37. The molecular weight excluding hydrogens is 486 g/mol. The van der Waals surface area contributed by atoms with Crippen molar-refractivity contribution < 1.29 is 27.8 Å². The van der Waals surface area contributed by atoms with Gasteiger partial charge in [-0.05, 0) is 88.9 Å². The number of rotatable bonds is 19. The summed E-state index contributed by atoms with van der Waals surface area (Å²) in [6, 6.07) is 0. The predicted molar refractivity (Wildman–Crippen MR) is 149 cm³/mol. The number of hydrogen-bond donors (Lipinski definition) is 0. The fraction of sp³-hybridized carbons (Fsp3) is 0.938. The van der Waals surface area contributed by atoms with E-state index in [1.54, 1.807) is 0 Å². The maximum atomic E-state index is 14.3. The Hall–Kier alpha value is -1.20. The topological polar surface area (TPSA) is 52.6 Å². The Morgan fingerprint density at radius 3 is 1.21 bits per heavy atom. The molecule has 2 aliphatic carbocycles. The molecule has 0 unspecified atom stereocenters. The molecular formula is C32H56F2O4. The van der Waals surface area contributed by atoms with Gasteiger partial charge in [-0.1, -0.05) is 78.1 Å². The largest absolute Gasteiger partial charge is 0.460 e. The second-order valence-corrected chi connectivity index (χ2v) is 12.0. The number of hydrogen-bond acceptors (Lipinski definition) is 4. The Morgan fingerprint density at radius 2 is 0.868 bits per heavy atom. The quantitative estimate of drug-likeness (QED) is 0.120. The van der Waals surface area contributed by atoms with Gasteiger partial charge in [0.25, 0.3) is 0 Å². The number of esters is 2. The molecule has 0 aromatic rings. The minimum Gasteiger partial charge on any atom is -0.460 e. The normalized spacial score (nSPS) is 25.5. The molecule has 2 saturated carbocycles. The van der Waals surface area contributed by atoms with Gasteiger partial charge in [0.05, 0.1) is 0 Å². The number of unbranched alkanes of at least 4 members (excludes halogenated alkanes) is 10. The molecule has 0 aliphatic heterocycles. The molecule has 2 rings (SSSR count). The van der Waals surface area contributed by atoms with Crippen molar-refractivity contribution in [1.82, 2.24) is 0 Å². The smallest absolute Gasteiger partial charge is 0.340 e. The van der Waals surface area contributed by atoms with Gasteiger partial charge >= 0.3 is 11.9 Å². The first kappa shape index (κ1) is 33.0. The molecule has 0 bridgehead atoms. The molecule has 0 spiro atoms. The third kappa shape index (κ3) is 13.2. The summed E-state index contributed by atoms with van der Waals surface area (Å²) in [5, 5.41) is 0. The number of alkyl halides is 2. The van der Waals surface area contributed by atoms with Crippen LogP contribution in [0.25, 0.3) is 0 Å². The van der Waals surface area contributed by atoms with Gasteiger partial charge in [0.15, 0.2) is 12.3 Å². The number of carbonyl (C=O) groups is 2. The summed E-state index contributed by atoms with van der Waals surface area (Å²) in [5.74, 6) is -0.195. The first-order valence-corrected chi connectivity index (χ1v) is 16.1. The molecule has 6 heteroatoms. The molecule has 38 heavy (non-hydrogen) atoms. The highest BCUT2D eigenvalue weighted by Gasteiger charge is 2.34. The zero-order valence-corrected chi connectivity index (χ0v) is 24.4. The third-order valence-electron chi connectivity index (χ3n) is 8.80. The van der Waals surface area contributed by atoms with Gasteiger partial charge in [-0.2, -0.15) is 0 Å². The van der Waals surface area contributed by atoms with Crippen molar-refractivity contribution in [3.05, 3.63) is 0 Å². The van der Waals surface area contributed by atoms with E-state index in [-0.39, 0.29) is 25.0 Å². The monoisotopic (exact) mass is 542 g/mol. The molecule has 2 aliphatic rings. The van der Waals surface area contributed by atoms with E-state index in [1.807, 2.05) is 0 Å². The predicted octanol–water partition coefficient (Wildman–Crippen LogP) is 9.37. The third-order valence-corrected chi connectivity index (χ3v) is 8.80. The Morgan fingerprint density at radius 1 is 0.553 bits per heavy atom. The van der Waals surface area contributed by atoms with E-state index in [2.05, 4.69) is 13.8 Å². The van der Waals surface area contributed by atoms with Gasteiger partial charge in [-0.3, -0.25) is 0 Å². The summed E-state index contributed by atoms with van der Waals surface area (Å²) in [4.78, 5) is 24.4. The first-order valence-electron chi connectivity index (χ1n) is 16.1. The van der Waals surface area contributed by atoms with Crippen molar-refractivity contribution in [3.63, 3.8) is 0 Å². The number of ether oxygens (including phenoxy) is 2. The average Bonchev–Trinajstić information content (AvgIpc) is 2.93. The highest BCUT2D eigenvalue weighted by Crippen LogP contribution is 2.40. The Labute approximate surface area is 231 Å². The highest BCUT2D eigenvalue weighted by molar-refractivity contribution is 5.75. The Balaban J connectivity index is 1.55. The van der Waals surface area contributed by atoms with E-state index in [4.69, 9.17) is 9.47 Å². The summed E-state index contributed by atoms with van der Waals surface area (Å²) in [6.45, 7) is 4.35. The summed E-state index contributed by atoms with van der Waals surface area (Å²) in [7, 11) is 0. The maximum absolute atomic E-state index is 14.3. The summed E-state index contributed by atoms with van der Waals surface area (Å²) >= 11 is 0. The maximum Gasteiger partial charge on any atom is 0.340 e. The van der Waals surface area contributed by atoms with E-state index in [0.717, 1.165) is 89.9 Å². The second-order valence-electron chi connectivity index (χ2n) is 12.0. The van der Waals surface area contributed by atoms with Gasteiger partial charge in [-0.15, -0.1) is 0 Å². The lowest BCUT2D eigenvalue weighted by Crippen LogP contribution is -2.34. The fourth-order valence-corrected chi connectivity index (χ4v) is 6.28. The minimum absolute atomic E-state index is 0.160. The van der Waals surface area contributed by atoms with Crippen molar-refractivity contribution >= 4 is 11.9 Å². The van der Waals surface area contributed by atoms with Gasteiger partial charge < -0.3 is 9.47 Å². The SMILES string of the molecule is CCCCCCCC[C@@H](F)C(=O)OC1CCC(C2CCC(OC(=O)[C@H](F)CCCCCCCC)CC2)CC1. The average molecular weight is 543 g/mol. The number of halogens is 2. The van der Waals surface area contributed by atoms with Crippen LogP contribution in [0.1, 0.15) is 155 Å². The van der Waals surface area contributed by atoms with Crippen LogP contribution in [0, 0.1) is 11.8 Å². The lowest BCUT2D eigenvalue weighted by atomic mass is 9.72. The zero-order valence-electron chi connectivity index (χ0n) is 24.4. The van der Waals surface area contributed by atoms with Crippen molar-refractivity contribution in [2.75, 3.05) is 0 Å². The van der Waals surface area contributed by atoms with Crippen LogP contribution in [0.5, 0.6) is 0 Å². The summed E-state index contributed by atoms with van der Waals surface area (Å²) in [6.07, 6.45) is 17.3. The fourth-order valence-electron chi connectivity index (χ4n) is 6.28. The van der Waals surface area contributed by atoms with Crippen LogP contribution in [0.3, 0.4) is 0 Å². The molecule has 4 nitrogen and oxygen atoms in total. The molecule has 0 aromatic heterocycles. The molecule has 0 radical (unpaired) electrons. The van der Waals surface area contributed by atoms with Crippen LogP contribution in [0.2, 0.25) is 0 Å². The molecule has 2 atom stereocenters. The van der Waals surface area contributed by atoms with Gasteiger partial charge in [0.2, 0.25) is 0 Å².